The van der Waals surface area contributed by atoms with Crippen LogP contribution in [0.2, 0.25) is 0 Å². The predicted molar refractivity (Wildman–Crippen MR) is 106 cm³/mol. The smallest absolute Gasteiger partial charge is 0.232 e. The maximum atomic E-state index is 12.8. The van der Waals surface area contributed by atoms with Gasteiger partial charge in [0.15, 0.2) is 16.6 Å². The summed E-state index contributed by atoms with van der Waals surface area (Å²) in [4.78, 5) is 17.4. The Kier molecular flexibility index (Phi) is 4.44. The SMILES string of the molecule is O=C(Nc1nc(-c2ccc3c(c2)OCO3)cs1)C1CNNC1c1ccccc1. The van der Waals surface area contributed by atoms with E-state index in [1.165, 1.54) is 11.3 Å². The van der Waals surface area contributed by atoms with Crippen molar-refractivity contribution in [2.24, 2.45) is 5.92 Å². The van der Waals surface area contributed by atoms with Crippen LogP contribution in [0.5, 0.6) is 11.5 Å². The molecule has 8 heteroatoms. The number of hydrazine groups is 1. The predicted octanol–water partition coefficient (Wildman–Crippen LogP) is 2.94. The highest BCUT2D eigenvalue weighted by Gasteiger charge is 2.34. The van der Waals surface area contributed by atoms with E-state index in [2.05, 4.69) is 21.2 Å². The third kappa shape index (κ3) is 3.22. The standard InChI is InChI=1S/C20H18N4O3S/c25-19(14-9-21-24-18(14)12-4-2-1-3-5-12)23-20-22-15(10-28-20)13-6-7-16-17(8-13)27-11-26-16/h1-8,10,14,18,21,24H,9,11H2,(H,22,23,25). The van der Waals surface area contributed by atoms with E-state index in [-0.39, 0.29) is 24.7 Å². The van der Waals surface area contributed by atoms with Gasteiger partial charge in [-0.3, -0.25) is 10.2 Å². The number of amides is 1. The molecule has 0 aliphatic carbocycles. The van der Waals surface area contributed by atoms with Gasteiger partial charge in [0.25, 0.3) is 0 Å². The molecular formula is C20H18N4O3S. The summed E-state index contributed by atoms with van der Waals surface area (Å²) in [7, 11) is 0. The maximum absolute atomic E-state index is 12.8. The molecule has 3 heterocycles. The minimum Gasteiger partial charge on any atom is -0.454 e. The highest BCUT2D eigenvalue weighted by atomic mass is 32.1. The van der Waals surface area contributed by atoms with Gasteiger partial charge in [-0.25, -0.2) is 10.4 Å². The Morgan fingerprint density at radius 3 is 2.89 bits per heavy atom. The first-order valence-corrected chi connectivity index (χ1v) is 9.85. The van der Waals surface area contributed by atoms with Crippen LogP contribution in [0, 0.1) is 5.92 Å². The fourth-order valence-electron chi connectivity index (χ4n) is 3.44. The molecule has 2 unspecified atom stereocenters. The number of anilines is 1. The Balaban J connectivity index is 1.31. The highest BCUT2D eigenvalue weighted by Crippen LogP contribution is 2.36. The summed E-state index contributed by atoms with van der Waals surface area (Å²) in [6, 6.07) is 15.6. The van der Waals surface area contributed by atoms with Crippen LogP contribution in [-0.4, -0.2) is 24.2 Å². The van der Waals surface area contributed by atoms with Crippen molar-refractivity contribution in [2.45, 2.75) is 6.04 Å². The van der Waals surface area contributed by atoms with E-state index in [0.717, 1.165) is 22.6 Å². The van der Waals surface area contributed by atoms with Gasteiger partial charge in [-0.15, -0.1) is 11.3 Å². The van der Waals surface area contributed by atoms with Gasteiger partial charge in [0.1, 0.15) is 0 Å². The van der Waals surface area contributed by atoms with Crippen LogP contribution in [0.25, 0.3) is 11.3 Å². The van der Waals surface area contributed by atoms with E-state index in [1.807, 2.05) is 53.9 Å². The monoisotopic (exact) mass is 394 g/mol. The molecule has 0 spiro atoms. The van der Waals surface area contributed by atoms with Crippen LogP contribution >= 0.6 is 11.3 Å². The molecule has 2 aromatic carbocycles. The first-order chi connectivity index (χ1) is 13.8. The van der Waals surface area contributed by atoms with Crippen LogP contribution in [-0.2, 0) is 4.79 Å². The van der Waals surface area contributed by atoms with Crippen LogP contribution in [0.15, 0.2) is 53.9 Å². The number of hydrogen-bond acceptors (Lipinski definition) is 7. The van der Waals surface area contributed by atoms with Crippen molar-refractivity contribution in [3.05, 3.63) is 59.5 Å². The maximum Gasteiger partial charge on any atom is 0.232 e. The third-order valence-corrected chi connectivity index (χ3v) is 5.64. The van der Waals surface area contributed by atoms with E-state index in [1.54, 1.807) is 0 Å². The first-order valence-electron chi connectivity index (χ1n) is 8.98. The van der Waals surface area contributed by atoms with Crippen LogP contribution in [0.3, 0.4) is 0 Å². The zero-order chi connectivity index (χ0) is 18.9. The van der Waals surface area contributed by atoms with Gasteiger partial charge >= 0.3 is 0 Å². The highest BCUT2D eigenvalue weighted by molar-refractivity contribution is 7.14. The van der Waals surface area contributed by atoms with Gasteiger partial charge in [0.2, 0.25) is 12.7 Å². The van der Waals surface area contributed by atoms with E-state index in [4.69, 9.17) is 9.47 Å². The molecule has 28 heavy (non-hydrogen) atoms. The molecule has 0 radical (unpaired) electrons. The molecule has 7 nitrogen and oxygen atoms in total. The minimum absolute atomic E-state index is 0.0575. The number of thiazole rings is 1. The normalized spacial score (nSPS) is 20.3. The molecule has 5 rings (SSSR count). The first kappa shape index (κ1) is 17.2. The number of rotatable bonds is 4. The molecule has 0 saturated carbocycles. The summed E-state index contributed by atoms with van der Waals surface area (Å²) in [6.07, 6.45) is 0. The number of fused-ring (bicyclic) bond motifs is 1. The van der Waals surface area contributed by atoms with Gasteiger partial charge in [-0.1, -0.05) is 30.3 Å². The molecule has 2 atom stereocenters. The van der Waals surface area contributed by atoms with E-state index < -0.39 is 0 Å². The van der Waals surface area contributed by atoms with Crippen LogP contribution in [0.4, 0.5) is 5.13 Å². The summed E-state index contributed by atoms with van der Waals surface area (Å²) in [6.45, 7) is 0.801. The molecule has 142 valence electrons. The molecule has 3 N–H and O–H groups in total. The van der Waals surface area contributed by atoms with Crippen molar-refractivity contribution in [1.82, 2.24) is 15.8 Å². The van der Waals surface area contributed by atoms with Crippen molar-refractivity contribution in [3.63, 3.8) is 0 Å². The van der Waals surface area contributed by atoms with Gasteiger partial charge in [-0.05, 0) is 23.8 Å². The summed E-state index contributed by atoms with van der Waals surface area (Å²) in [5.41, 5.74) is 9.07. The van der Waals surface area contributed by atoms with E-state index >= 15 is 0 Å². The second-order valence-corrected chi connectivity index (χ2v) is 7.47. The van der Waals surface area contributed by atoms with Gasteiger partial charge in [0, 0.05) is 17.5 Å². The van der Waals surface area contributed by atoms with Gasteiger partial charge in [-0.2, -0.15) is 0 Å². The van der Waals surface area contributed by atoms with Crippen LogP contribution < -0.4 is 25.6 Å². The molecule has 1 fully saturated rings. The topological polar surface area (TPSA) is 84.5 Å². The number of nitrogens with zero attached hydrogens (tertiary/aromatic N) is 1. The summed E-state index contributed by atoms with van der Waals surface area (Å²) < 4.78 is 10.8. The number of hydrogen-bond donors (Lipinski definition) is 3. The van der Waals surface area contributed by atoms with E-state index in [0.29, 0.717) is 17.4 Å². The third-order valence-electron chi connectivity index (χ3n) is 4.88. The lowest BCUT2D eigenvalue weighted by molar-refractivity contribution is -0.119. The lowest BCUT2D eigenvalue weighted by atomic mass is 9.94. The molecule has 1 saturated heterocycles. The zero-order valence-corrected chi connectivity index (χ0v) is 15.7. The fraction of sp³-hybridized carbons (Fsp3) is 0.200. The summed E-state index contributed by atoms with van der Waals surface area (Å²) >= 11 is 1.41. The van der Waals surface area contributed by atoms with Crippen molar-refractivity contribution >= 4 is 22.4 Å². The number of aromatic nitrogens is 1. The van der Waals surface area contributed by atoms with Gasteiger partial charge < -0.3 is 14.8 Å². The van der Waals surface area contributed by atoms with Crippen molar-refractivity contribution < 1.29 is 14.3 Å². The Morgan fingerprint density at radius 1 is 1.14 bits per heavy atom. The quantitative estimate of drug-likeness (QED) is 0.631. The Labute approximate surface area is 165 Å². The molecule has 1 amide bonds. The van der Waals surface area contributed by atoms with E-state index in [9.17, 15) is 4.79 Å². The zero-order valence-electron chi connectivity index (χ0n) is 14.8. The average Bonchev–Trinajstić information content (AvgIpc) is 3.48. The average molecular weight is 394 g/mol. The Hall–Kier alpha value is -2.94. The Bertz CT molecular complexity index is 1010. The number of benzene rings is 2. The van der Waals surface area contributed by atoms with Crippen molar-refractivity contribution in [1.29, 1.82) is 0 Å². The lowest BCUT2D eigenvalue weighted by Crippen LogP contribution is -2.29. The molecule has 3 aromatic rings. The molecule has 2 aliphatic rings. The Morgan fingerprint density at radius 2 is 2.00 bits per heavy atom. The minimum atomic E-state index is -0.222. The molecule has 1 aromatic heterocycles. The largest absolute Gasteiger partial charge is 0.454 e. The second-order valence-electron chi connectivity index (χ2n) is 6.62. The van der Waals surface area contributed by atoms with Crippen molar-refractivity contribution in [3.8, 4) is 22.8 Å². The van der Waals surface area contributed by atoms with Gasteiger partial charge in [0.05, 0.1) is 17.7 Å². The number of ether oxygens (including phenoxy) is 2. The number of nitrogens with one attached hydrogen (secondary N) is 3. The summed E-state index contributed by atoms with van der Waals surface area (Å²) in [5, 5.41) is 5.46. The lowest BCUT2D eigenvalue weighted by Gasteiger charge is -2.17. The molecule has 2 aliphatic heterocycles. The van der Waals surface area contributed by atoms with Crippen molar-refractivity contribution in [2.75, 3.05) is 18.7 Å². The second kappa shape index (κ2) is 7.23. The number of carbonyl (C=O) groups excluding carboxylic acids is 1. The molecule has 0 bridgehead atoms. The molecular weight excluding hydrogens is 376 g/mol. The fourth-order valence-corrected chi connectivity index (χ4v) is 4.16. The van der Waals surface area contributed by atoms with Crippen LogP contribution in [0.1, 0.15) is 11.6 Å². The number of carbonyl (C=O) groups is 1. The summed E-state index contributed by atoms with van der Waals surface area (Å²) in [5.74, 6) is 1.17.